The number of para-hydroxylation sites is 1. The Morgan fingerprint density at radius 3 is 2.40 bits per heavy atom. The topological polar surface area (TPSA) is 31.2 Å². The van der Waals surface area contributed by atoms with E-state index in [4.69, 9.17) is 4.74 Å². The molecule has 3 aromatic rings. The molecule has 0 radical (unpaired) electrons. The molecule has 3 nitrogen and oxygen atoms in total. The first-order valence-electron chi connectivity index (χ1n) is 6.46. The lowest BCUT2D eigenvalue weighted by Gasteiger charge is -2.07. The van der Waals surface area contributed by atoms with Gasteiger partial charge < -0.3 is 4.74 Å². The predicted molar refractivity (Wildman–Crippen MR) is 80.2 cm³/mol. The fourth-order valence-electron chi connectivity index (χ4n) is 2.47. The molecule has 0 saturated carbocycles. The van der Waals surface area contributed by atoms with Crippen LogP contribution in [0.5, 0.6) is 5.75 Å². The molecule has 0 bridgehead atoms. The molecule has 1 aromatic heterocycles. The Morgan fingerprint density at radius 1 is 1.05 bits per heavy atom. The molecule has 0 N–H and O–H groups in total. The third kappa shape index (κ3) is 1.97. The van der Waals surface area contributed by atoms with Crippen molar-refractivity contribution in [2.75, 3.05) is 7.11 Å². The molecule has 0 aliphatic carbocycles. The highest BCUT2D eigenvalue weighted by Crippen LogP contribution is 2.29. The first kappa shape index (κ1) is 12.5. The largest absolute Gasteiger partial charge is 0.497 e. The van der Waals surface area contributed by atoms with Crippen LogP contribution < -0.4 is 4.74 Å². The molecule has 0 aliphatic rings. The Bertz CT molecular complexity index is 769. The van der Waals surface area contributed by atoms with Gasteiger partial charge >= 0.3 is 0 Å². The summed E-state index contributed by atoms with van der Waals surface area (Å²) >= 11 is 0. The standard InChI is InChI=1S/C17H15NO2/c1-12(19)18-16-6-4-3-5-14(16)11-17(18)13-7-9-15(20-2)10-8-13/h3-11H,1-2H3. The molecule has 0 unspecified atom stereocenters. The number of hydrogen-bond donors (Lipinski definition) is 0. The molecule has 0 amide bonds. The highest BCUT2D eigenvalue weighted by atomic mass is 16.5. The fourth-order valence-corrected chi connectivity index (χ4v) is 2.47. The highest BCUT2D eigenvalue weighted by Gasteiger charge is 2.13. The minimum absolute atomic E-state index is 0.0111. The molecule has 0 saturated heterocycles. The summed E-state index contributed by atoms with van der Waals surface area (Å²) in [6, 6.07) is 17.7. The highest BCUT2D eigenvalue weighted by molar-refractivity contribution is 5.97. The van der Waals surface area contributed by atoms with Crippen molar-refractivity contribution in [2.24, 2.45) is 0 Å². The van der Waals surface area contributed by atoms with Crippen LogP contribution in [0.2, 0.25) is 0 Å². The summed E-state index contributed by atoms with van der Waals surface area (Å²) in [5.74, 6) is 0.816. The lowest BCUT2D eigenvalue weighted by molar-refractivity contribution is 0.0943. The zero-order valence-electron chi connectivity index (χ0n) is 11.5. The van der Waals surface area contributed by atoms with E-state index in [9.17, 15) is 4.79 Å². The zero-order valence-corrected chi connectivity index (χ0v) is 11.5. The average Bonchev–Trinajstić information content (AvgIpc) is 2.86. The number of aromatic nitrogens is 1. The summed E-state index contributed by atoms with van der Waals surface area (Å²) in [5, 5.41) is 1.06. The maximum Gasteiger partial charge on any atom is 0.228 e. The van der Waals surface area contributed by atoms with E-state index in [0.29, 0.717) is 0 Å². The second-order valence-corrected chi connectivity index (χ2v) is 4.67. The van der Waals surface area contributed by atoms with Crippen molar-refractivity contribution < 1.29 is 9.53 Å². The van der Waals surface area contributed by atoms with Gasteiger partial charge in [0.2, 0.25) is 5.91 Å². The van der Waals surface area contributed by atoms with Gasteiger partial charge in [0.1, 0.15) is 5.75 Å². The van der Waals surface area contributed by atoms with E-state index in [1.165, 1.54) is 0 Å². The molecule has 0 spiro atoms. The third-order valence-electron chi connectivity index (χ3n) is 3.41. The normalized spacial score (nSPS) is 10.7. The van der Waals surface area contributed by atoms with E-state index in [2.05, 4.69) is 0 Å². The molecular formula is C17H15NO2. The van der Waals surface area contributed by atoms with E-state index in [1.807, 2.05) is 54.6 Å². The summed E-state index contributed by atoms with van der Waals surface area (Å²) < 4.78 is 6.92. The molecule has 20 heavy (non-hydrogen) atoms. The van der Waals surface area contributed by atoms with Gasteiger partial charge in [0, 0.05) is 12.3 Å². The lowest BCUT2D eigenvalue weighted by Crippen LogP contribution is -2.06. The molecular weight excluding hydrogens is 250 g/mol. The molecule has 2 aromatic carbocycles. The Balaban J connectivity index is 2.23. The van der Waals surface area contributed by atoms with E-state index in [1.54, 1.807) is 18.6 Å². The van der Waals surface area contributed by atoms with Gasteiger partial charge in [-0.1, -0.05) is 18.2 Å². The van der Waals surface area contributed by atoms with Gasteiger partial charge in [-0.05, 0) is 42.0 Å². The fraction of sp³-hybridized carbons (Fsp3) is 0.118. The number of hydrogen-bond acceptors (Lipinski definition) is 2. The number of rotatable bonds is 2. The minimum atomic E-state index is 0.0111. The van der Waals surface area contributed by atoms with Crippen LogP contribution in [0.3, 0.4) is 0 Å². The van der Waals surface area contributed by atoms with E-state index in [0.717, 1.165) is 27.9 Å². The van der Waals surface area contributed by atoms with Gasteiger partial charge in [-0.25, -0.2) is 0 Å². The van der Waals surface area contributed by atoms with Gasteiger partial charge in [-0.15, -0.1) is 0 Å². The molecule has 0 aliphatic heterocycles. The Morgan fingerprint density at radius 2 is 1.75 bits per heavy atom. The first-order valence-corrected chi connectivity index (χ1v) is 6.46. The summed E-state index contributed by atoms with van der Waals surface area (Å²) in [4.78, 5) is 12.0. The SMILES string of the molecule is COc1ccc(-c2cc3ccccc3n2C(C)=O)cc1. The molecule has 0 fully saturated rings. The number of carbonyl (C=O) groups excluding carboxylic acids is 1. The minimum Gasteiger partial charge on any atom is -0.497 e. The summed E-state index contributed by atoms with van der Waals surface area (Å²) in [5.41, 5.74) is 2.84. The Hall–Kier alpha value is -2.55. The van der Waals surface area contributed by atoms with Crippen molar-refractivity contribution in [2.45, 2.75) is 6.92 Å². The summed E-state index contributed by atoms with van der Waals surface area (Å²) in [6.45, 7) is 1.58. The van der Waals surface area contributed by atoms with E-state index >= 15 is 0 Å². The number of ether oxygens (including phenoxy) is 1. The monoisotopic (exact) mass is 265 g/mol. The van der Waals surface area contributed by atoms with Crippen LogP contribution in [0.15, 0.2) is 54.6 Å². The number of methoxy groups -OCH3 is 1. The van der Waals surface area contributed by atoms with E-state index in [-0.39, 0.29) is 5.91 Å². The van der Waals surface area contributed by atoms with Crippen molar-refractivity contribution in [1.82, 2.24) is 4.57 Å². The van der Waals surface area contributed by atoms with Crippen molar-refractivity contribution in [3.05, 3.63) is 54.6 Å². The Kier molecular flexibility index (Phi) is 3.03. The number of fused-ring (bicyclic) bond motifs is 1. The van der Waals surface area contributed by atoms with Crippen LogP contribution in [-0.4, -0.2) is 17.6 Å². The van der Waals surface area contributed by atoms with Crippen molar-refractivity contribution >= 4 is 16.8 Å². The maximum atomic E-state index is 12.0. The molecule has 1 heterocycles. The van der Waals surface area contributed by atoms with E-state index < -0.39 is 0 Å². The van der Waals surface area contributed by atoms with Gasteiger partial charge in [0.25, 0.3) is 0 Å². The van der Waals surface area contributed by atoms with Gasteiger partial charge in [-0.2, -0.15) is 0 Å². The average molecular weight is 265 g/mol. The van der Waals surface area contributed by atoms with Crippen LogP contribution in [-0.2, 0) is 0 Å². The van der Waals surface area contributed by atoms with Crippen molar-refractivity contribution in [3.8, 4) is 17.0 Å². The predicted octanol–water partition coefficient (Wildman–Crippen LogP) is 3.98. The number of benzene rings is 2. The lowest BCUT2D eigenvalue weighted by atomic mass is 10.1. The van der Waals surface area contributed by atoms with Crippen molar-refractivity contribution in [3.63, 3.8) is 0 Å². The maximum absolute atomic E-state index is 12.0. The van der Waals surface area contributed by atoms with Gasteiger partial charge in [0.05, 0.1) is 18.3 Å². The van der Waals surface area contributed by atoms with Crippen LogP contribution in [0.25, 0.3) is 22.2 Å². The van der Waals surface area contributed by atoms with Crippen LogP contribution in [0, 0.1) is 0 Å². The molecule has 3 heteroatoms. The van der Waals surface area contributed by atoms with Crippen LogP contribution in [0.1, 0.15) is 11.7 Å². The zero-order chi connectivity index (χ0) is 14.1. The molecule has 100 valence electrons. The molecule has 0 atom stereocenters. The summed E-state index contributed by atoms with van der Waals surface area (Å²) in [6.07, 6.45) is 0. The smallest absolute Gasteiger partial charge is 0.228 e. The third-order valence-corrected chi connectivity index (χ3v) is 3.41. The number of carbonyl (C=O) groups is 1. The first-order chi connectivity index (χ1) is 9.70. The van der Waals surface area contributed by atoms with Crippen LogP contribution >= 0.6 is 0 Å². The van der Waals surface area contributed by atoms with Crippen molar-refractivity contribution in [1.29, 1.82) is 0 Å². The van der Waals surface area contributed by atoms with Gasteiger partial charge in [0.15, 0.2) is 0 Å². The molecule has 3 rings (SSSR count). The quantitative estimate of drug-likeness (QED) is 0.702. The second kappa shape index (κ2) is 4.85. The second-order valence-electron chi connectivity index (χ2n) is 4.67. The summed E-state index contributed by atoms with van der Waals surface area (Å²) in [7, 11) is 1.64. The van der Waals surface area contributed by atoms with Crippen LogP contribution in [0.4, 0.5) is 0 Å². The Labute approximate surface area is 117 Å². The number of nitrogens with zero attached hydrogens (tertiary/aromatic N) is 1. The van der Waals surface area contributed by atoms with Gasteiger partial charge in [-0.3, -0.25) is 9.36 Å².